The number of rotatable bonds is 6. The number of ether oxygens (including phenoxy) is 1. The van der Waals surface area contributed by atoms with Gasteiger partial charge >= 0.3 is 5.97 Å². The summed E-state index contributed by atoms with van der Waals surface area (Å²) in [6.07, 6.45) is 0.278. The van der Waals surface area contributed by atoms with Crippen molar-refractivity contribution in [3.8, 4) is 0 Å². The molecule has 0 bridgehead atoms. The first kappa shape index (κ1) is 21.8. The first-order chi connectivity index (χ1) is 14.3. The molecule has 1 heterocycles. The number of halogens is 2. The van der Waals surface area contributed by atoms with E-state index in [1.54, 1.807) is 49.4 Å². The largest absolute Gasteiger partial charge is 0.451 e. The second kappa shape index (κ2) is 9.73. The van der Waals surface area contributed by atoms with E-state index in [1.165, 1.54) is 5.01 Å². The molecule has 1 N–H and O–H groups in total. The minimum Gasteiger partial charge on any atom is -0.451 e. The number of hydrogen-bond donors (Lipinski definition) is 1. The maximum absolute atomic E-state index is 12.3. The van der Waals surface area contributed by atoms with Gasteiger partial charge in [-0.3, -0.25) is 9.59 Å². The van der Waals surface area contributed by atoms with Gasteiger partial charge in [-0.25, -0.2) is 9.80 Å². The summed E-state index contributed by atoms with van der Waals surface area (Å²) in [4.78, 5) is 36.6. The van der Waals surface area contributed by atoms with Crippen molar-refractivity contribution in [2.75, 3.05) is 11.6 Å². The molecule has 0 saturated heterocycles. The first-order valence-electron chi connectivity index (χ1n) is 9.22. The summed E-state index contributed by atoms with van der Waals surface area (Å²) in [5.41, 5.74) is 1.33. The number of hydrazone groups is 1. The Morgan fingerprint density at radius 1 is 1.17 bits per heavy atom. The molecule has 9 heteroatoms. The smallest absolute Gasteiger partial charge is 0.355 e. The average Bonchev–Trinajstić information content (AvgIpc) is 2.73. The van der Waals surface area contributed by atoms with Crippen LogP contribution in [-0.4, -0.2) is 30.1 Å². The number of amides is 2. The van der Waals surface area contributed by atoms with Gasteiger partial charge in [0.2, 0.25) is 5.91 Å². The zero-order chi connectivity index (χ0) is 21.7. The van der Waals surface area contributed by atoms with Crippen molar-refractivity contribution in [3.05, 3.63) is 64.1 Å². The molecule has 30 heavy (non-hydrogen) atoms. The van der Waals surface area contributed by atoms with E-state index in [4.69, 9.17) is 27.9 Å². The third kappa shape index (κ3) is 5.37. The molecule has 0 aromatic heterocycles. The number of carbonyl (C=O) groups excluding carboxylic acids is 3. The number of carbonyl (C=O) groups is 3. The molecular formula is C21H19Cl2N3O4. The molecule has 1 aliphatic heterocycles. The van der Waals surface area contributed by atoms with Crippen LogP contribution in [0.25, 0.3) is 0 Å². The Labute approximate surface area is 183 Å². The molecule has 1 unspecified atom stereocenters. The first-order valence-corrected chi connectivity index (χ1v) is 9.97. The zero-order valence-electron chi connectivity index (χ0n) is 16.1. The molecule has 2 aromatic carbocycles. The highest BCUT2D eigenvalue weighted by molar-refractivity contribution is 6.38. The van der Waals surface area contributed by atoms with E-state index in [1.807, 2.05) is 6.07 Å². The molecule has 2 aromatic rings. The maximum atomic E-state index is 12.3. The number of anilines is 1. The summed E-state index contributed by atoms with van der Waals surface area (Å²) in [6, 6.07) is 13.3. The number of esters is 1. The summed E-state index contributed by atoms with van der Waals surface area (Å²) < 4.78 is 5.08. The number of benzene rings is 2. The number of para-hydroxylation sites is 1. The standard InChI is InChI=1S/C21H19Cl2N3O4/c1-13(16-8-7-14(22)11-17(16)23)24-19(27)12-30-21(29)18-9-10-20(28)26(25-18)15-5-3-2-4-6-15/h2-8,11,13H,9-10,12H2,1H3,(H,24,27). The normalized spacial score (nSPS) is 14.7. The molecule has 7 nitrogen and oxygen atoms in total. The van der Waals surface area contributed by atoms with Crippen molar-refractivity contribution in [3.63, 3.8) is 0 Å². The lowest BCUT2D eigenvalue weighted by Crippen LogP contribution is -2.36. The van der Waals surface area contributed by atoms with E-state index < -0.39 is 24.5 Å². The quantitative estimate of drug-likeness (QED) is 0.680. The van der Waals surface area contributed by atoms with Crippen LogP contribution >= 0.6 is 23.2 Å². The van der Waals surface area contributed by atoms with Crippen molar-refractivity contribution < 1.29 is 19.1 Å². The molecule has 0 fully saturated rings. The average molecular weight is 448 g/mol. The van der Waals surface area contributed by atoms with Gasteiger partial charge in [0.15, 0.2) is 6.61 Å². The Morgan fingerprint density at radius 3 is 2.60 bits per heavy atom. The lowest BCUT2D eigenvalue weighted by Gasteiger charge is -2.22. The van der Waals surface area contributed by atoms with Crippen LogP contribution < -0.4 is 10.3 Å². The maximum Gasteiger partial charge on any atom is 0.355 e. The molecule has 1 atom stereocenters. The Bertz CT molecular complexity index is 995. The summed E-state index contributed by atoms with van der Waals surface area (Å²) in [5, 5.41) is 8.90. The lowest BCUT2D eigenvalue weighted by molar-refractivity contribution is -0.142. The van der Waals surface area contributed by atoms with Gasteiger partial charge < -0.3 is 10.1 Å². The van der Waals surface area contributed by atoms with E-state index in [9.17, 15) is 14.4 Å². The van der Waals surface area contributed by atoms with Crippen LogP contribution in [-0.2, 0) is 19.1 Å². The Hall–Kier alpha value is -2.90. The predicted molar refractivity (Wildman–Crippen MR) is 115 cm³/mol. The topological polar surface area (TPSA) is 88.1 Å². The molecule has 0 spiro atoms. The highest BCUT2D eigenvalue weighted by atomic mass is 35.5. The summed E-state index contributed by atoms with van der Waals surface area (Å²) in [6.45, 7) is 1.27. The highest BCUT2D eigenvalue weighted by Gasteiger charge is 2.27. The van der Waals surface area contributed by atoms with Gasteiger partial charge in [0.25, 0.3) is 5.91 Å². The Kier molecular flexibility index (Phi) is 7.07. The van der Waals surface area contributed by atoms with Crippen LogP contribution in [0.4, 0.5) is 5.69 Å². The highest BCUT2D eigenvalue weighted by Crippen LogP contribution is 2.26. The second-order valence-electron chi connectivity index (χ2n) is 6.62. The van der Waals surface area contributed by atoms with Gasteiger partial charge in [0, 0.05) is 22.9 Å². The van der Waals surface area contributed by atoms with E-state index in [0.29, 0.717) is 21.3 Å². The van der Waals surface area contributed by atoms with Gasteiger partial charge in [-0.05, 0) is 36.8 Å². The Morgan fingerprint density at radius 2 is 1.90 bits per heavy atom. The van der Waals surface area contributed by atoms with Gasteiger partial charge in [-0.2, -0.15) is 5.10 Å². The van der Waals surface area contributed by atoms with Gasteiger partial charge in [-0.15, -0.1) is 0 Å². The minimum atomic E-state index is -0.740. The van der Waals surface area contributed by atoms with Crippen LogP contribution in [0.1, 0.15) is 31.4 Å². The van der Waals surface area contributed by atoms with Crippen molar-refractivity contribution in [1.82, 2.24) is 5.32 Å². The van der Waals surface area contributed by atoms with E-state index in [-0.39, 0.29) is 24.5 Å². The second-order valence-corrected chi connectivity index (χ2v) is 7.46. The van der Waals surface area contributed by atoms with Crippen molar-refractivity contribution in [2.24, 2.45) is 5.10 Å². The Balaban J connectivity index is 1.58. The molecule has 0 saturated carbocycles. The van der Waals surface area contributed by atoms with Crippen LogP contribution in [0.3, 0.4) is 0 Å². The number of hydrogen-bond acceptors (Lipinski definition) is 5. The van der Waals surface area contributed by atoms with Crippen molar-refractivity contribution >= 4 is 52.4 Å². The molecule has 0 aliphatic carbocycles. The van der Waals surface area contributed by atoms with Gasteiger partial charge in [0.1, 0.15) is 5.71 Å². The van der Waals surface area contributed by atoms with Crippen LogP contribution in [0.2, 0.25) is 10.0 Å². The summed E-state index contributed by atoms with van der Waals surface area (Å²) >= 11 is 12.0. The van der Waals surface area contributed by atoms with Crippen LogP contribution in [0, 0.1) is 0 Å². The van der Waals surface area contributed by atoms with E-state index >= 15 is 0 Å². The van der Waals surface area contributed by atoms with Crippen LogP contribution in [0.15, 0.2) is 53.6 Å². The van der Waals surface area contributed by atoms with Crippen molar-refractivity contribution in [1.29, 1.82) is 0 Å². The SMILES string of the molecule is CC(NC(=O)COC(=O)C1=NN(c2ccccc2)C(=O)CC1)c1ccc(Cl)cc1Cl. The number of nitrogens with one attached hydrogen (secondary N) is 1. The van der Waals surface area contributed by atoms with Gasteiger partial charge in [-0.1, -0.05) is 47.5 Å². The fourth-order valence-electron chi connectivity index (χ4n) is 2.90. The zero-order valence-corrected chi connectivity index (χ0v) is 17.6. The fraction of sp³-hybridized carbons (Fsp3) is 0.238. The van der Waals surface area contributed by atoms with Gasteiger partial charge in [0.05, 0.1) is 11.7 Å². The van der Waals surface area contributed by atoms with Crippen LogP contribution in [0.5, 0.6) is 0 Å². The fourth-order valence-corrected chi connectivity index (χ4v) is 3.47. The molecule has 156 valence electrons. The summed E-state index contributed by atoms with van der Waals surface area (Å²) in [7, 11) is 0. The molecule has 0 radical (unpaired) electrons. The number of nitrogens with zero attached hydrogens (tertiary/aromatic N) is 2. The molecular weight excluding hydrogens is 429 g/mol. The lowest BCUT2D eigenvalue weighted by atomic mass is 10.1. The van der Waals surface area contributed by atoms with Crippen molar-refractivity contribution in [2.45, 2.75) is 25.8 Å². The minimum absolute atomic E-state index is 0.0834. The predicted octanol–water partition coefficient (Wildman–Crippen LogP) is 3.90. The van der Waals surface area contributed by atoms with E-state index in [2.05, 4.69) is 10.4 Å². The third-order valence-corrected chi connectivity index (χ3v) is 4.97. The summed E-state index contributed by atoms with van der Waals surface area (Å²) in [5.74, 6) is -1.45. The third-order valence-electron chi connectivity index (χ3n) is 4.41. The molecule has 2 amide bonds. The monoisotopic (exact) mass is 447 g/mol. The molecule has 3 rings (SSSR count). The van der Waals surface area contributed by atoms with E-state index in [0.717, 1.165) is 0 Å². The molecule has 1 aliphatic rings.